The first-order valence-corrected chi connectivity index (χ1v) is 10.3. The molecule has 3 aromatic carbocycles. The van der Waals surface area contributed by atoms with Crippen LogP contribution in [0.1, 0.15) is 45.0 Å². The molecule has 0 saturated heterocycles. The Labute approximate surface area is 195 Å². The molecule has 0 fully saturated rings. The molecule has 3 aromatic rings. The summed E-state index contributed by atoms with van der Waals surface area (Å²) in [5, 5.41) is 10.8. The van der Waals surface area contributed by atoms with E-state index in [2.05, 4.69) is 5.32 Å². The zero-order chi connectivity index (χ0) is 24.6. The lowest BCUT2D eigenvalue weighted by Gasteiger charge is -2.28. The number of rotatable bonds is 3. The summed E-state index contributed by atoms with van der Waals surface area (Å²) < 4.78 is 73.6. The molecule has 1 heterocycles. The van der Waals surface area contributed by atoms with Crippen LogP contribution in [0.15, 0.2) is 48.5 Å². The molecule has 1 N–H and O–H groups in total. The van der Waals surface area contributed by atoms with Crippen LogP contribution in [-0.2, 0) is 6.18 Å². The lowest BCUT2D eigenvalue weighted by molar-refractivity contribution is -0.137. The third kappa shape index (κ3) is 4.54. The molecule has 0 spiro atoms. The van der Waals surface area contributed by atoms with E-state index in [1.807, 2.05) is 0 Å². The van der Waals surface area contributed by atoms with Gasteiger partial charge in [0.1, 0.15) is 23.5 Å². The summed E-state index contributed by atoms with van der Waals surface area (Å²) in [5.41, 5.74) is -1.07. The number of fused-ring (bicyclic) bond motifs is 1. The quantitative estimate of drug-likeness (QED) is 0.415. The van der Waals surface area contributed by atoms with Crippen LogP contribution in [0.2, 0.25) is 5.02 Å². The Kier molecular flexibility index (Phi) is 6.19. The van der Waals surface area contributed by atoms with Crippen LogP contribution in [0.5, 0.6) is 5.75 Å². The predicted octanol–water partition coefficient (Wildman–Crippen LogP) is 6.68. The second-order valence-electron chi connectivity index (χ2n) is 7.55. The van der Waals surface area contributed by atoms with Gasteiger partial charge in [0, 0.05) is 28.8 Å². The molecule has 10 heteroatoms. The zero-order valence-electron chi connectivity index (χ0n) is 17.1. The van der Waals surface area contributed by atoms with Crippen molar-refractivity contribution in [2.75, 3.05) is 11.9 Å². The predicted molar refractivity (Wildman–Crippen MR) is 114 cm³/mol. The maximum absolute atomic E-state index is 13.7. The van der Waals surface area contributed by atoms with Crippen LogP contribution in [0.4, 0.5) is 27.6 Å². The van der Waals surface area contributed by atoms with E-state index in [1.165, 1.54) is 12.1 Å². The van der Waals surface area contributed by atoms with Crippen LogP contribution in [0, 0.1) is 23.0 Å². The van der Waals surface area contributed by atoms with Crippen molar-refractivity contribution >= 4 is 23.2 Å². The highest BCUT2D eigenvalue weighted by molar-refractivity contribution is 6.32. The molecule has 1 aliphatic heterocycles. The SMILES string of the molecule is N#Cc1cc(NC(=O)c2cc(Cl)c(C(F)(F)F)cc2C2CCOc3cc(F)ccc32)ccc1F. The maximum Gasteiger partial charge on any atom is 0.417 e. The van der Waals surface area contributed by atoms with Crippen molar-refractivity contribution in [1.82, 2.24) is 0 Å². The summed E-state index contributed by atoms with van der Waals surface area (Å²) in [5.74, 6) is -2.72. The average molecular weight is 493 g/mol. The minimum absolute atomic E-state index is 0.0213. The highest BCUT2D eigenvalue weighted by Gasteiger charge is 2.37. The molecule has 1 amide bonds. The number of nitriles is 1. The first-order valence-electron chi connectivity index (χ1n) is 9.92. The van der Waals surface area contributed by atoms with E-state index in [4.69, 9.17) is 21.6 Å². The number of hydrogen-bond donors (Lipinski definition) is 1. The Balaban J connectivity index is 1.83. The van der Waals surface area contributed by atoms with Crippen molar-refractivity contribution in [2.24, 2.45) is 0 Å². The first-order chi connectivity index (χ1) is 16.1. The number of benzene rings is 3. The summed E-state index contributed by atoms with van der Waals surface area (Å²) in [6.45, 7) is 0.0929. The van der Waals surface area contributed by atoms with E-state index in [0.717, 1.165) is 36.4 Å². The van der Waals surface area contributed by atoms with Gasteiger partial charge in [-0.15, -0.1) is 0 Å². The van der Waals surface area contributed by atoms with Crippen molar-refractivity contribution < 1.29 is 31.5 Å². The number of carbonyl (C=O) groups is 1. The van der Waals surface area contributed by atoms with Gasteiger partial charge in [0.15, 0.2) is 0 Å². The molecule has 4 nitrogen and oxygen atoms in total. The maximum atomic E-state index is 13.7. The topological polar surface area (TPSA) is 62.1 Å². The van der Waals surface area contributed by atoms with Crippen molar-refractivity contribution in [3.05, 3.63) is 93.0 Å². The van der Waals surface area contributed by atoms with Gasteiger partial charge in [-0.25, -0.2) is 8.78 Å². The van der Waals surface area contributed by atoms with Crippen LogP contribution >= 0.6 is 11.6 Å². The second-order valence-corrected chi connectivity index (χ2v) is 7.96. The van der Waals surface area contributed by atoms with Crippen LogP contribution in [0.25, 0.3) is 0 Å². The number of nitrogens with one attached hydrogen (secondary N) is 1. The molecular weight excluding hydrogens is 479 g/mol. The minimum atomic E-state index is -4.78. The Hall–Kier alpha value is -3.64. The summed E-state index contributed by atoms with van der Waals surface area (Å²) in [4.78, 5) is 13.1. The number of hydrogen-bond acceptors (Lipinski definition) is 3. The van der Waals surface area contributed by atoms with Crippen molar-refractivity contribution in [1.29, 1.82) is 5.26 Å². The number of ether oxygens (including phenoxy) is 1. The van der Waals surface area contributed by atoms with E-state index in [1.54, 1.807) is 6.07 Å². The fraction of sp³-hybridized carbons (Fsp3) is 0.167. The smallest absolute Gasteiger partial charge is 0.417 e. The van der Waals surface area contributed by atoms with E-state index in [-0.39, 0.29) is 41.2 Å². The molecule has 1 unspecified atom stereocenters. The Bertz CT molecular complexity index is 1330. The molecule has 1 atom stereocenters. The summed E-state index contributed by atoms with van der Waals surface area (Å²) in [6.07, 6.45) is -4.55. The van der Waals surface area contributed by atoms with Crippen molar-refractivity contribution in [3.63, 3.8) is 0 Å². The normalized spacial score (nSPS) is 15.1. The fourth-order valence-corrected chi connectivity index (χ4v) is 4.14. The Morgan fingerprint density at radius 2 is 1.85 bits per heavy atom. The lowest BCUT2D eigenvalue weighted by atomic mass is 9.83. The molecular formula is C24H14ClF5N2O2. The zero-order valence-corrected chi connectivity index (χ0v) is 17.9. The molecule has 0 bridgehead atoms. The fourth-order valence-electron chi connectivity index (χ4n) is 3.87. The third-order valence-corrected chi connectivity index (χ3v) is 5.74. The highest BCUT2D eigenvalue weighted by Crippen LogP contribution is 2.44. The number of amides is 1. The molecule has 174 valence electrons. The standard InChI is InChI=1S/C24H14ClF5N2O2/c25-20-10-18(23(33)32-14-2-4-21(27)12(7-14)11-31)17(9-19(20)24(28,29)30)15-5-6-34-22-8-13(26)1-3-16(15)22/h1-4,7-10,15H,5-6H2,(H,32,33). The molecule has 4 rings (SSSR count). The van der Waals surface area contributed by atoms with Gasteiger partial charge in [0.2, 0.25) is 0 Å². The number of nitrogens with zero attached hydrogens (tertiary/aromatic N) is 1. The van der Waals surface area contributed by atoms with Gasteiger partial charge in [0.25, 0.3) is 5.91 Å². The molecule has 0 aromatic heterocycles. The molecule has 0 radical (unpaired) electrons. The van der Waals surface area contributed by atoms with E-state index >= 15 is 0 Å². The Morgan fingerprint density at radius 3 is 2.56 bits per heavy atom. The van der Waals surface area contributed by atoms with E-state index in [9.17, 15) is 26.7 Å². The van der Waals surface area contributed by atoms with Crippen LogP contribution in [-0.4, -0.2) is 12.5 Å². The minimum Gasteiger partial charge on any atom is -0.493 e. The molecule has 34 heavy (non-hydrogen) atoms. The lowest BCUT2D eigenvalue weighted by Crippen LogP contribution is -2.22. The molecule has 0 saturated carbocycles. The largest absolute Gasteiger partial charge is 0.493 e. The van der Waals surface area contributed by atoms with Gasteiger partial charge >= 0.3 is 6.18 Å². The van der Waals surface area contributed by atoms with Gasteiger partial charge in [-0.05, 0) is 48.4 Å². The van der Waals surface area contributed by atoms with E-state index < -0.39 is 40.2 Å². The van der Waals surface area contributed by atoms with Gasteiger partial charge in [-0.2, -0.15) is 18.4 Å². The molecule has 0 aliphatic carbocycles. The van der Waals surface area contributed by atoms with Crippen molar-refractivity contribution in [2.45, 2.75) is 18.5 Å². The Morgan fingerprint density at radius 1 is 1.09 bits per heavy atom. The van der Waals surface area contributed by atoms with Crippen LogP contribution < -0.4 is 10.1 Å². The van der Waals surface area contributed by atoms with E-state index in [0.29, 0.717) is 5.56 Å². The second kappa shape index (κ2) is 8.95. The van der Waals surface area contributed by atoms with Crippen LogP contribution in [0.3, 0.4) is 0 Å². The summed E-state index contributed by atoms with van der Waals surface area (Å²) in [6, 6.07) is 10.4. The average Bonchev–Trinajstić information content (AvgIpc) is 2.78. The third-order valence-electron chi connectivity index (χ3n) is 5.42. The highest BCUT2D eigenvalue weighted by atomic mass is 35.5. The van der Waals surface area contributed by atoms with Gasteiger partial charge in [-0.3, -0.25) is 4.79 Å². The number of alkyl halides is 3. The van der Waals surface area contributed by atoms with Crippen molar-refractivity contribution in [3.8, 4) is 11.8 Å². The number of anilines is 1. The number of carbonyl (C=O) groups excluding carboxylic acids is 1. The first kappa shape index (κ1) is 23.5. The van der Waals surface area contributed by atoms with Gasteiger partial charge < -0.3 is 10.1 Å². The van der Waals surface area contributed by atoms with Gasteiger partial charge in [0.05, 0.1) is 22.8 Å². The summed E-state index contributed by atoms with van der Waals surface area (Å²) >= 11 is 5.89. The van der Waals surface area contributed by atoms with Gasteiger partial charge in [-0.1, -0.05) is 17.7 Å². The monoisotopic (exact) mass is 492 g/mol. The number of halogens is 6. The summed E-state index contributed by atoms with van der Waals surface area (Å²) in [7, 11) is 0. The molecule has 1 aliphatic rings.